The van der Waals surface area contributed by atoms with Crippen LogP contribution in [0.2, 0.25) is 0 Å². The molecule has 2 nitrogen and oxygen atoms in total. The molecule has 1 aliphatic rings. The summed E-state index contributed by atoms with van der Waals surface area (Å²) in [5.74, 6) is -1.47. The Morgan fingerprint density at radius 2 is 1.82 bits per heavy atom. The van der Waals surface area contributed by atoms with Crippen LogP contribution in [0.5, 0.6) is 5.75 Å². The first kappa shape index (κ1) is 12.3. The van der Waals surface area contributed by atoms with Gasteiger partial charge in [0.2, 0.25) is 0 Å². The van der Waals surface area contributed by atoms with Gasteiger partial charge in [0, 0.05) is 12.1 Å². The molecule has 1 N–H and O–H groups in total. The highest BCUT2D eigenvalue weighted by atomic mass is 19.1. The third kappa shape index (κ3) is 2.14. The van der Waals surface area contributed by atoms with Gasteiger partial charge in [0.05, 0.1) is 18.8 Å². The van der Waals surface area contributed by atoms with Crippen LogP contribution in [0.3, 0.4) is 0 Å². The van der Waals surface area contributed by atoms with E-state index in [0.717, 1.165) is 18.6 Å². The lowest BCUT2D eigenvalue weighted by atomic mass is 9.98. The Morgan fingerprint density at radius 1 is 1.35 bits per heavy atom. The fourth-order valence-electron chi connectivity index (χ4n) is 2.21. The highest BCUT2D eigenvalue weighted by Crippen LogP contribution is 2.58. The predicted octanol–water partition coefficient (Wildman–Crippen LogP) is 3.05. The van der Waals surface area contributed by atoms with E-state index in [2.05, 4.69) is 0 Å². The van der Waals surface area contributed by atoms with Gasteiger partial charge in [-0.3, -0.25) is 0 Å². The molecule has 0 saturated heterocycles. The van der Waals surface area contributed by atoms with Crippen molar-refractivity contribution in [3.05, 3.63) is 29.3 Å². The van der Waals surface area contributed by atoms with Gasteiger partial charge < -0.3 is 9.84 Å². The standard InChI is InChI=1S/C13H16F2O2/c1-13(2)6-8(13)12(16)11-9(14)4-7(17-3)5-10(11)15/h4-5,8,12,16H,6H2,1-3H3. The zero-order valence-electron chi connectivity index (χ0n) is 10.1. The molecule has 0 spiro atoms. The van der Waals surface area contributed by atoms with Crippen molar-refractivity contribution in [2.45, 2.75) is 26.4 Å². The second-order valence-corrected chi connectivity index (χ2v) is 5.25. The lowest BCUT2D eigenvalue weighted by Gasteiger charge is -2.15. The normalized spacial score (nSPS) is 23.3. The Morgan fingerprint density at radius 3 is 2.18 bits per heavy atom. The van der Waals surface area contributed by atoms with E-state index in [0.29, 0.717) is 0 Å². The van der Waals surface area contributed by atoms with Crippen molar-refractivity contribution in [1.82, 2.24) is 0 Å². The number of benzene rings is 1. The van der Waals surface area contributed by atoms with Crippen LogP contribution < -0.4 is 4.74 Å². The molecule has 0 radical (unpaired) electrons. The van der Waals surface area contributed by atoms with Crippen LogP contribution in [-0.2, 0) is 0 Å². The molecule has 1 fully saturated rings. The molecule has 0 bridgehead atoms. The van der Waals surface area contributed by atoms with E-state index in [1.54, 1.807) is 0 Å². The van der Waals surface area contributed by atoms with Crippen molar-refractivity contribution >= 4 is 0 Å². The fourth-order valence-corrected chi connectivity index (χ4v) is 2.21. The van der Waals surface area contributed by atoms with Crippen molar-refractivity contribution in [2.24, 2.45) is 11.3 Å². The van der Waals surface area contributed by atoms with Gasteiger partial charge in [-0.25, -0.2) is 8.78 Å². The average Bonchev–Trinajstić information content (AvgIpc) is 2.86. The first-order valence-corrected chi connectivity index (χ1v) is 5.58. The summed E-state index contributed by atoms with van der Waals surface area (Å²) < 4.78 is 32.2. The molecule has 1 aromatic rings. The molecule has 94 valence electrons. The van der Waals surface area contributed by atoms with Gasteiger partial charge in [0.25, 0.3) is 0 Å². The lowest BCUT2D eigenvalue weighted by molar-refractivity contribution is 0.129. The van der Waals surface area contributed by atoms with Gasteiger partial charge in [0.1, 0.15) is 17.4 Å². The molecule has 2 rings (SSSR count). The third-order valence-corrected chi connectivity index (χ3v) is 3.55. The molecule has 0 aromatic heterocycles. The van der Waals surface area contributed by atoms with Crippen molar-refractivity contribution in [2.75, 3.05) is 7.11 Å². The average molecular weight is 242 g/mol. The molecule has 0 aliphatic heterocycles. The Hall–Kier alpha value is -1.16. The molecule has 2 atom stereocenters. The number of hydrogen-bond donors (Lipinski definition) is 1. The predicted molar refractivity (Wildman–Crippen MR) is 59.8 cm³/mol. The minimum Gasteiger partial charge on any atom is -0.497 e. The van der Waals surface area contributed by atoms with E-state index in [4.69, 9.17) is 4.74 Å². The van der Waals surface area contributed by atoms with E-state index in [9.17, 15) is 13.9 Å². The number of halogens is 2. The molecular weight excluding hydrogens is 226 g/mol. The van der Waals surface area contributed by atoms with E-state index in [1.165, 1.54) is 7.11 Å². The van der Waals surface area contributed by atoms with Crippen molar-refractivity contribution in [3.8, 4) is 5.75 Å². The zero-order valence-corrected chi connectivity index (χ0v) is 10.1. The summed E-state index contributed by atoms with van der Waals surface area (Å²) in [6.07, 6.45) is -0.310. The van der Waals surface area contributed by atoms with Crippen molar-refractivity contribution < 1.29 is 18.6 Å². The van der Waals surface area contributed by atoms with E-state index in [-0.39, 0.29) is 22.6 Å². The maximum Gasteiger partial charge on any atom is 0.135 e. The zero-order chi connectivity index (χ0) is 12.8. The Kier molecular flexibility index (Phi) is 2.86. The molecule has 17 heavy (non-hydrogen) atoms. The molecule has 2 unspecified atom stereocenters. The third-order valence-electron chi connectivity index (χ3n) is 3.55. The molecule has 0 heterocycles. The molecule has 4 heteroatoms. The first-order valence-electron chi connectivity index (χ1n) is 5.58. The maximum absolute atomic E-state index is 13.7. The van der Waals surface area contributed by atoms with Gasteiger partial charge in [0.15, 0.2) is 0 Å². The monoisotopic (exact) mass is 242 g/mol. The molecule has 1 aliphatic carbocycles. The van der Waals surface area contributed by atoms with Crippen LogP contribution in [0.15, 0.2) is 12.1 Å². The van der Waals surface area contributed by atoms with Crippen molar-refractivity contribution in [3.63, 3.8) is 0 Å². The second-order valence-electron chi connectivity index (χ2n) is 5.25. The van der Waals surface area contributed by atoms with Gasteiger partial charge >= 0.3 is 0 Å². The SMILES string of the molecule is COc1cc(F)c(C(O)C2CC2(C)C)c(F)c1. The van der Waals surface area contributed by atoms with E-state index in [1.807, 2.05) is 13.8 Å². The summed E-state index contributed by atoms with van der Waals surface area (Å²) in [6, 6.07) is 2.19. The minimum atomic E-state index is -1.09. The lowest BCUT2D eigenvalue weighted by Crippen LogP contribution is -2.09. The number of rotatable bonds is 3. The molecule has 0 amide bonds. The highest BCUT2D eigenvalue weighted by molar-refractivity contribution is 5.33. The second kappa shape index (κ2) is 3.95. The first-order chi connectivity index (χ1) is 7.86. The van der Waals surface area contributed by atoms with E-state index >= 15 is 0 Å². The number of methoxy groups -OCH3 is 1. The topological polar surface area (TPSA) is 29.5 Å². The minimum absolute atomic E-state index is 0.0434. The molecular formula is C13H16F2O2. The quantitative estimate of drug-likeness (QED) is 0.882. The van der Waals surface area contributed by atoms with Gasteiger partial charge in [-0.1, -0.05) is 13.8 Å². The maximum atomic E-state index is 13.7. The highest BCUT2D eigenvalue weighted by Gasteiger charge is 2.51. The fraction of sp³-hybridized carbons (Fsp3) is 0.538. The van der Waals surface area contributed by atoms with Crippen LogP contribution in [0.1, 0.15) is 31.9 Å². The van der Waals surface area contributed by atoms with Crippen LogP contribution in [0.25, 0.3) is 0 Å². The number of aliphatic hydroxyl groups is 1. The Labute approximate surface area is 99.2 Å². The van der Waals surface area contributed by atoms with Crippen LogP contribution in [0.4, 0.5) is 8.78 Å². The summed E-state index contributed by atoms with van der Waals surface area (Å²) in [4.78, 5) is 0. The van der Waals surface area contributed by atoms with Crippen molar-refractivity contribution in [1.29, 1.82) is 0 Å². The smallest absolute Gasteiger partial charge is 0.135 e. The van der Waals surface area contributed by atoms with Crippen LogP contribution in [0, 0.1) is 23.0 Å². The molecule has 1 saturated carbocycles. The molecule has 1 aromatic carbocycles. The van der Waals surface area contributed by atoms with Gasteiger partial charge in [-0.05, 0) is 17.8 Å². The number of aliphatic hydroxyl groups excluding tert-OH is 1. The largest absolute Gasteiger partial charge is 0.497 e. The van der Waals surface area contributed by atoms with Gasteiger partial charge in [-0.2, -0.15) is 0 Å². The van der Waals surface area contributed by atoms with Crippen LogP contribution in [-0.4, -0.2) is 12.2 Å². The van der Waals surface area contributed by atoms with Crippen LogP contribution >= 0.6 is 0 Å². The Balaban J connectivity index is 2.33. The number of ether oxygens (including phenoxy) is 1. The summed E-state index contributed by atoms with van der Waals surface area (Å²) in [7, 11) is 1.34. The Bertz CT molecular complexity index is 420. The summed E-state index contributed by atoms with van der Waals surface area (Å²) >= 11 is 0. The van der Waals surface area contributed by atoms with Gasteiger partial charge in [-0.15, -0.1) is 0 Å². The number of hydrogen-bond acceptors (Lipinski definition) is 2. The summed E-state index contributed by atoms with van der Waals surface area (Å²) in [5.41, 5.74) is -0.292. The summed E-state index contributed by atoms with van der Waals surface area (Å²) in [6.45, 7) is 3.94. The van der Waals surface area contributed by atoms with E-state index < -0.39 is 17.7 Å². The summed E-state index contributed by atoms with van der Waals surface area (Å²) in [5, 5.41) is 10.0.